The molecule has 3 aromatic heterocycles. The van der Waals surface area contributed by atoms with Gasteiger partial charge in [-0.3, -0.25) is 18.3 Å². The third-order valence-corrected chi connectivity index (χ3v) is 11.4. The van der Waals surface area contributed by atoms with Crippen molar-refractivity contribution in [1.82, 2.24) is 23.5 Å². The Kier molecular flexibility index (Phi) is 6.34. The summed E-state index contributed by atoms with van der Waals surface area (Å²) in [4.78, 5) is 20.8. The molecule has 178 valence electrons. The minimum Gasteiger partial charge on any atom is -0.461 e. The molecule has 0 unspecified atom stereocenters. The highest BCUT2D eigenvalue weighted by molar-refractivity contribution is 7.80. The van der Waals surface area contributed by atoms with Crippen LogP contribution >= 0.6 is 12.2 Å². The van der Waals surface area contributed by atoms with Gasteiger partial charge in [0.15, 0.2) is 20.6 Å². The van der Waals surface area contributed by atoms with Crippen molar-refractivity contribution in [3.63, 3.8) is 0 Å². The van der Waals surface area contributed by atoms with E-state index < -0.39 is 26.8 Å². The summed E-state index contributed by atoms with van der Waals surface area (Å²) < 4.78 is 24.8. The number of rotatable bonds is 5. The van der Waals surface area contributed by atoms with Gasteiger partial charge >= 0.3 is 0 Å². The van der Waals surface area contributed by atoms with Gasteiger partial charge in [-0.1, -0.05) is 27.7 Å². The molecule has 9 nitrogen and oxygen atoms in total. The van der Waals surface area contributed by atoms with Crippen LogP contribution in [0.2, 0.25) is 18.1 Å². The molecule has 0 saturated carbocycles. The van der Waals surface area contributed by atoms with E-state index in [1.807, 2.05) is 11.5 Å². The smallest absolute Gasteiger partial charge is 0.269 e. The fraction of sp³-hybridized carbons (Fsp3) is 0.545. The molecule has 11 heteroatoms. The van der Waals surface area contributed by atoms with E-state index in [-0.39, 0.29) is 21.9 Å². The van der Waals surface area contributed by atoms with E-state index in [9.17, 15) is 4.79 Å². The Morgan fingerprint density at radius 1 is 1.21 bits per heavy atom. The number of hydrogen-bond donors (Lipinski definition) is 0. The van der Waals surface area contributed by atoms with Gasteiger partial charge in [-0.15, -0.1) is 0 Å². The third kappa shape index (κ3) is 4.42. The average molecular weight is 490 g/mol. The number of thiocarbonyl (C=S) groups is 1. The molecule has 4 rings (SSSR count). The number of imidazole rings is 2. The number of fused-ring (bicyclic) bond motifs is 1. The third-order valence-electron chi connectivity index (χ3n) is 6.62. The Balaban J connectivity index is 1.77. The zero-order chi connectivity index (χ0) is 24.0. The van der Waals surface area contributed by atoms with Gasteiger partial charge in [-0.05, 0) is 36.8 Å². The van der Waals surface area contributed by atoms with Crippen LogP contribution in [0.4, 0.5) is 0 Å². The first-order chi connectivity index (χ1) is 15.5. The fourth-order valence-electron chi connectivity index (χ4n) is 3.74. The van der Waals surface area contributed by atoms with Gasteiger partial charge in [-0.25, -0.2) is 9.97 Å². The minimum absolute atomic E-state index is 0.0244. The van der Waals surface area contributed by atoms with Crippen LogP contribution in [0.1, 0.15) is 40.3 Å². The Bertz CT molecular complexity index is 1180. The molecule has 4 atom stereocenters. The number of nitrogens with zero attached hydrogens (tertiary/aromatic N) is 5. The van der Waals surface area contributed by atoms with Crippen molar-refractivity contribution >= 4 is 31.5 Å². The lowest BCUT2D eigenvalue weighted by Crippen LogP contribution is -2.49. The van der Waals surface area contributed by atoms with Crippen molar-refractivity contribution in [2.45, 2.75) is 76.8 Å². The zero-order valence-corrected chi connectivity index (χ0v) is 21.7. The fourth-order valence-corrected chi connectivity index (χ4v) is 5.24. The first kappa shape index (κ1) is 23.8. The normalized spacial score (nSPS) is 23.8. The first-order valence-corrected chi connectivity index (χ1v) is 14.4. The monoisotopic (exact) mass is 489 g/mol. The van der Waals surface area contributed by atoms with Crippen LogP contribution in [0.5, 0.6) is 0 Å². The second-order valence-corrected chi connectivity index (χ2v) is 14.9. The molecular weight excluding hydrogens is 458 g/mol. The van der Waals surface area contributed by atoms with Gasteiger partial charge in [0.05, 0.1) is 6.10 Å². The lowest BCUT2D eigenvalue weighted by atomic mass is 10.1. The Morgan fingerprint density at radius 3 is 2.61 bits per heavy atom. The summed E-state index contributed by atoms with van der Waals surface area (Å²) in [5.41, 5.74) is -0.153. The van der Waals surface area contributed by atoms with Gasteiger partial charge < -0.3 is 13.9 Å². The van der Waals surface area contributed by atoms with Gasteiger partial charge in [0.2, 0.25) is 5.78 Å². The topological polar surface area (TPSA) is 84.8 Å². The zero-order valence-electron chi connectivity index (χ0n) is 19.8. The molecule has 0 aliphatic carbocycles. The highest BCUT2D eigenvalue weighted by Gasteiger charge is 2.52. The number of aromatic nitrogens is 5. The summed E-state index contributed by atoms with van der Waals surface area (Å²) in [6, 6.07) is 1.51. The van der Waals surface area contributed by atoms with Crippen molar-refractivity contribution < 1.29 is 13.9 Å². The SMILES string of the molecule is CC[C@H]1O[C@@H](n2ccc(=O)n3ccnc23)[C@H](O[Si](C)(C)C(C)(C)C)[C@@H]1OC(=S)n1ccnc1. The Morgan fingerprint density at radius 2 is 1.97 bits per heavy atom. The summed E-state index contributed by atoms with van der Waals surface area (Å²) in [5, 5.41) is 0.263. The van der Waals surface area contributed by atoms with E-state index in [4.69, 9.17) is 26.1 Å². The lowest BCUT2D eigenvalue weighted by molar-refractivity contribution is -0.0330. The van der Waals surface area contributed by atoms with E-state index >= 15 is 0 Å². The van der Waals surface area contributed by atoms with Crippen LogP contribution in [0, 0.1) is 0 Å². The van der Waals surface area contributed by atoms with Gasteiger partial charge in [0.1, 0.15) is 12.4 Å². The average Bonchev–Trinajstić information content (AvgIpc) is 3.49. The molecule has 1 saturated heterocycles. The highest BCUT2D eigenvalue weighted by Crippen LogP contribution is 2.43. The molecule has 0 N–H and O–H groups in total. The number of hydrogen-bond acceptors (Lipinski definition) is 7. The van der Waals surface area contributed by atoms with Crippen molar-refractivity contribution in [2.75, 3.05) is 0 Å². The summed E-state index contributed by atoms with van der Waals surface area (Å²) in [6.45, 7) is 13.0. The van der Waals surface area contributed by atoms with Gasteiger partial charge in [-0.2, -0.15) is 0 Å². The molecular formula is C22H31N5O4SSi. The highest BCUT2D eigenvalue weighted by atomic mass is 32.1. The second-order valence-electron chi connectivity index (χ2n) is 9.79. The molecule has 0 radical (unpaired) electrons. The summed E-state index contributed by atoms with van der Waals surface area (Å²) >= 11 is 5.55. The molecule has 0 bridgehead atoms. The number of ether oxygens (including phenoxy) is 2. The molecule has 4 heterocycles. The van der Waals surface area contributed by atoms with E-state index in [1.54, 1.807) is 41.9 Å². The molecule has 1 aliphatic heterocycles. The molecule has 0 amide bonds. The van der Waals surface area contributed by atoms with E-state index in [0.717, 1.165) is 0 Å². The Labute approximate surface area is 199 Å². The van der Waals surface area contributed by atoms with E-state index in [2.05, 4.69) is 43.8 Å². The van der Waals surface area contributed by atoms with Crippen LogP contribution in [0.15, 0.2) is 48.2 Å². The standard InChI is InChI=1S/C22H31N5O4SSi/c1-7-15-17(30-21(32)25-12-9-23-14-25)18(31-33(5,6)22(2,3)4)19(29-15)27-11-8-16(28)26-13-10-24-20(26)27/h8-15,17-19H,7H2,1-6H3/t15-,17-,18-,19-/m1/s1. The van der Waals surface area contributed by atoms with Gasteiger partial charge in [0, 0.05) is 37.1 Å². The summed E-state index contributed by atoms with van der Waals surface area (Å²) in [5.74, 6) is 0.490. The largest absolute Gasteiger partial charge is 0.461 e. The van der Waals surface area contributed by atoms with E-state index in [0.29, 0.717) is 12.2 Å². The van der Waals surface area contributed by atoms with Gasteiger partial charge in [0.25, 0.3) is 10.7 Å². The van der Waals surface area contributed by atoms with Crippen LogP contribution in [0.25, 0.3) is 5.78 Å². The summed E-state index contributed by atoms with van der Waals surface area (Å²) in [6.07, 6.45) is 8.96. The minimum atomic E-state index is -2.23. The second kappa shape index (κ2) is 8.78. The Hall–Kier alpha value is -2.34. The van der Waals surface area contributed by atoms with Crippen LogP contribution in [0.3, 0.4) is 0 Å². The molecule has 3 aromatic rings. The molecule has 1 fully saturated rings. The molecule has 33 heavy (non-hydrogen) atoms. The lowest BCUT2D eigenvalue weighted by Gasteiger charge is -2.40. The van der Waals surface area contributed by atoms with Crippen molar-refractivity contribution in [3.8, 4) is 0 Å². The molecule has 0 aromatic carbocycles. The van der Waals surface area contributed by atoms with E-state index in [1.165, 1.54) is 10.5 Å². The maximum atomic E-state index is 12.3. The van der Waals surface area contributed by atoms with Crippen molar-refractivity contribution in [1.29, 1.82) is 0 Å². The quantitative estimate of drug-likeness (QED) is 0.400. The van der Waals surface area contributed by atoms with Crippen LogP contribution in [-0.4, -0.2) is 55.3 Å². The predicted molar refractivity (Wildman–Crippen MR) is 131 cm³/mol. The van der Waals surface area contributed by atoms with Crippen molar-refractivity contribution in [2.24, 2.45) is 0 Å². The first-order valence-electron chi connectivity index (χ1n) is 11.1. The van der Waals surface area contributed by atoms with Crippen LogP contribution in [-0.2, 0) is 13.9 Å². The molecule has 0 spiro atoms. The maximum absolute atomic E-state index is 12.3. The molecule has 1 aliphatic rings. The van der Waals surface area contributed by atoms with Crippen molar-refractivity contribution in [3.05, 3.63) is 53.7 Å². The predicted octanol–water partition coefficient (Wildman–Crippen LogP) is 3.61. The summed E-state index contributed by atoms with van der Waals surface area (Å²) in [7, 11) is -2.23. The maximum Gasteiger partial charge on any atom is 0.269 e. The van der Waals surface area contributed by atoms with Crippen LogP contribution < -0.4 is 5.56 Å².